The van der Waals surface area contributed by atoms with Crippen LogP contribution in [-0.2, 0) is 13.6 Å². The van der Waals surface area contributed by atoms with Crippen LogP contribution in [-0.4, -0.2) is 45.0 Å². The van der Waals surface area contributed by atoms with E-state index in [0.717, 1.165) is 0 Å². The monoisotopic (exact) mass is 372 g/mol. The van der Waals surface area contributed by atoms with E-state index in [9.17, 15) is 9.59 Å². The van der Waals surface area contributed by atoms with Crippen molar-refractivity contribution >= 4 is 16.6 Å². The van der Waals surface area contributed by atoms with Gasteiger partial charge in [0.15, 0.2) is 16.6 Å². The third-order valence-corrected chi connectivity index (χ3v) is 5.57. The molecule has 1 aromatic heterocycles. The number of hydrogen-bond acceptors (Lipinski definition) is 5. The van der Waals surface area contributed by atoms with Gasteiger partial charge >= 0.3 is 5.69 Å². The predicted octanol–water partition coefficient (Wildman–Crippen LogP) is 1.90. The van der Waals surface area contributed by atoms with Crippen molar-refractivity contribution in [1.82, 2.24) is 9.55 Å². The minimum absolute atomic E-state index is 0.114. The molecular formula is C15H28N2O5Si2. The number of H-pyrrole nitrogens is 1. The van der Waals surface area contributed by atoms with Gasteiger partial charge in [0.2, 0.25) is 0 Å². The van der Waals surface area contributed by atoms with E-state index in [4.69, 9.17) is 13.6 Å². The van der Waals surface area contributed by atoms with Crippen molar-refractivity contribution in [3.63, 3.8) is 0 Å². The van der Waals surface area contributed by atoms with Crippen LogP contribution in [0.4, 0.5) is 0 Å². The number of aromatic nitrogens is 2. The van der Waals surface area contributed by atoms with Crippen LogP contribution in [0.3, 0.4) is 0 Å². The zero-order chi connectivity index (χ0) is 18.1. The van der Waals surface area contributed by atoms with Crippen molar-refractivity contribution in [3.05, 3.63) is 33.1 Å². The van der Waals surface area contributed by atoms with Crippen LogP contribution in [0.2, 0.25) is 39.3 Å². The zero-order valence-electron chi connectivity index (χ0n) is 15.3. The highest BCUT2D eigenvalue weighted by molar-refractivity contribution is 6.70. The van der Waals surface area contributed by atoms with Gasteiger partial charge in [-0.05, 0) is 39.3 Å². The van der Waals surface area contributed by atoms with Gasteiger partial charge in [0.25, 0.3) is 5.56 Å². The second kappa shape index (κ2) is 7.08. The van der Waals surface area contributed by atoms with Crippen LogP contribution < -0.4 is 11.2 Å². The summed E-state index contributed by atoms with van der Waals surface area (Å²) in [6, 6.07) is 1.32. The summed E-state index contributed by atoms with van der Waals surface area (Å²) in [5, 5.41) is 0. The molecule has 0 radical (unpaired) electrons. The molecule has 2 rings (SSSR count). The molecule has 0 spiro atoms. The molecule has 0 bridgehead atoms. The Bertz CT molecular complexity index is 674. The Balaban J connectivity index is 2.18. The molecule has 7 nitrogen and oxygen atoms in total. The second-order valence-corrected chi connectivity index (χ2v) is 17.0. The van der Waals surface area contributed by atoms with E-state index in [1.54, 1.807) is 0 Å². The van der Waals surface area contributed by atoms with E-state index in [-0.39, 0.29) is 12.2 Å². The normalized spacial score (nSPS) is 25.2. The summed E-state index contributed by atoms with van der Waals surface area (Å²) in [4.78, 5) is 25.5. The number of nitrogens with zero attached hydrogens (tertiary/aromatic N) is 1. The number of hydrogen-bond donors (Lipinski definition) is 1. The van der Waals surface area contributed by atoms with Crippen molar-refractivity contribution < 1.29 is 13.6 Å². The van der Waals surface area contributed by atoms with Crippen molar-refractivity contribution in [1.29, 1.82) is 0 Å². The van der Waals surface area contributed by atoms with Crippen LogP contribution in [0.1, 0.15) is 12.6 Å². The average Bonchev–Trinajstić information content (AvgIpc) is 2.76. The number of rotatable bonds is 6. The van der Waals surface area contributed by atoms with Gasteiger partial charge in [-0.3, -0.25) is 14.3 Å². The Labute approximate surface area is 144 Å². The van der Waals surface area contributed by atoms with Crippen molar-refractivity contribution in [2.45, 2.75) is 64.1 Å². The van der Waals surface area contributed by atoms with Gasteiger partial charge in [0.05, 0.1) is 12.7 Å². The fourth-order valence-corrected chi connectivity index (χ4v) is 4.41. The molecule has 0 aromatic carbocycles. The SMILES string of the molecule is C[Si](C)(C)OC[C@@H]1O[C@H](n2ccc(=O)[nH]c2=O)CC1O[Si](C)(C)C. The van der Waals surface area contributed by atoms with Gasteiger partial charge < -0.3 is 13.6 Å². The molecule has 9 heteroatoms. The summed E-state index contributed by atoms with van der Waals surface area (Å²) in [5.41, 5.74) is -0.881. The highest BCUT2D eigenvalue weighted by atomic mass is 28.4. The van der Waals surface area contributed by atoms with Crippen LogP contribution >= 0.6 is 0 Å². The van der Waals surface area contributed by atoms with Gasteiger partial charge in [0.1, 0.15) is 12.3 Å². The fourth-order valence-electron chi connectivity index (χ4n) is 2.59. The zero-order valence-corrected chi connectivity index (χ0v) is 17.3. The Kier molecular flexibility index (Phi) is 5.70. The first-order valence-electron chi connectivity index (χ1n) is 8.23. The summed E-state index contributed by atoms with van der Waals surface area (Å²) in [6.07, 6.45) is 1.25. The first-order valence-corrected chi connectivity index (χ1v) is 15.0. The van der Waals surface area contributed by atoms with E-state index in [1.807, 2.05) is 0 Å². The van der Waals surface area contributed by atoms with Crippen LogP contribution in [0.15, 0.2) is 21.9 Å². The fraction of sp³-hybridized carbons (Fsp3) is 0.733. The lowest BCUT2D eigenvalue weighted by Gasteiger charge is -2.28. The molecule has 0 amide bonds. The second-order valence-electron chi connectivity index (χ2n) is 8.07. The van der Waals surface area contributed by atoms with E-state index in [0.29, 0.717) is 13.0 Å². The van der Waals surface area contributed by atoms with E-state index >= 15 is 0 Å². The van der Waals surface area contributed by atoms with Crippen LogP contribution in [0, 0.1) is 0 Å². The largest absolute Gasteiger partial charge is 0.415 e. The van der Waals surface area contributed by atoms with Crippen LogP contribution in [0.25, 0.3) is 0 Å². The maximum atomic E-state index is 12.0. The van der Waals surface area contributed by atoms with Gasteiger partial charge in [-0.1, -0.05) is 0 Å². The molecule has 0 aliphatic carbocycles. The summed E-state index contributed by atoms with van der Waals surface area (Å²) < 4.78 is 19.7. The van der Waals surface area contributed by atoms with Crippen molar-refractivity contribution in [2.24, 2.45) is 0 Å². The van der Waals surface area contributed by atoms with Crippen LogP contribution in [0.5, 0.6) is 0 Å². The Hall–Kier alpha value is -1.01. The minimum Gasteiger partial charge on any atom is -0.415 e. The third kappa shape index (κ3) is 5.52. The first kappa shape index (κ1) is 19.3. The van der Waals surface area contributed by atoms with E-state index in [2.05, 4.69) is 44.3 Å². The first-order chi connectivity index (χ1) is 10.9. The lowest BCUT2D eigenvalue weighted by Crippen LogP contribution is -2.40. The molecule has 1 aliphatic heterocycles. The van der Waals surface area contributed by atoms with E-state index < -0.39 is 34.1 Å². The summed E-state index contributed by atoms with van der Waals surface area (Å²) >= 11 is 0. The van der Waals surface area contributed by atoms with Gasteiger partial charge in [-0.25, -0.2) is 4.79 Å². The number of ether oxygens (including phenoxy) is 1. The van der Waals surface area contributed by atoms with Gasteiger partial charge in [0, 0.05) is 18.7 Å². The Morgan fingerprint density at radius 1 is 1.21 bits per heavy atom. The van der Waals surface area contributed by atoms with Crippen molar-refractivity contribution in [2.75, 3.05) is 6.61 Å². The summed E-state index contributed by atoms with van der Waals surface area (Å²) in [7, 11) is -3.43. The topological polar surface area (TPSA) is 82.5 Å². The Morgan fingerprint density at radius 2 is 1.88 bits per heavy atom. The molecule has 1 aromatic rings. The maximum Gasteiger partial charge on any atom is 0.330 e. The molecule has 1 aliphatic rings. The van der Waals surface area contributed by atoms with Crippen molar-refractivity contribution in [3.8, 4) is 0 Å². The highest BCUT2D eigenvalue weighted by Crippen LogP contribution is 2.32. The molecular weight excluding hydrogens is 344 g/mol. The molecule has 1 N–H and O–H groups in total. The Morgan fingerprint density at radius 3 is 2.42 bits per heavy atom. The molecule has 136 valence electrons. The summed E-state index contributed by atoms with van der Waals surface area (Å²) in [5.74, 6) is 0. The number of aromatic amines is 1. The molecule has 2 heterocycles. The lowest BCUT2D eigenvalue weighted by molar-refractivity contribution is -0.0396. The summed E-state index contributed by atoms with van der Waals surface area (Å²) in [6.45, 7) is 13.2. The smallest absolute Gasteiger partial charge is 0.330 e. The average molecular weight is 373 g/mol. The molecule has 3 atom stereocenters. The van der Waals surface area contributed by atoms with Gasteiger partial charge in [-0.15, -0.1) is 0 Å². The predicted molar refractivity (Wildman–Crippen MR) is 97.4 cm³/mol. The molecule has 1 fully saturated rings. The molecule has 1 unspecified atom stereocenters. The highest BCUT2D eigenvalue weighted by Gasteiger charge is 2.40. The molecule has 0 saturated carbocycles. The lowest BCUT2D eigenvalue weighted by atomic mass is 10.2. The quantitative estimate of drug-likeness (QED) is 0.771. The maximum absolute atomic E-state index is 12.0. The number of nitrogens with one attached hydrogen (secondary N) is 1. The minimum atomic E-state index is -1.76. The molecule has 1 saturated heterocycles. The van der Waals surface area contributed by atoms with E-state index in [1.165, 1.54) is 16.8 Å². The van der Waals surface area contributed by atoms with Gasteiger partial charge in [-0.2, -0.15) is 0 Å². The third-order valence-electron chi connectivity index (χ3n) is 3.53. The molecule has 24 heavy (non-hydrogen) atoms. The standard InChI is InChI=1S/C15H28N2O5Si2/c1-23(2,3)20-10-12-11(22-24(4,5)6)9-14(21-12)17-8-7-13(18)16-15(17)19/h7-8,11-12,14H,9-10H2,1-6H3,(H,16,18,19)/t11?,12-,14-/m0/s1.